The number of amides is 1. The van der Waals surface area contributed by atoms with Gasteiger partial charge in [0.1, 0.15) is 0 Å². The van der Waals surface area contributed by atoms with E-state index in [1.165, 1.54) is 12.8 Å². The molecule has 0 rings (SSSR count). The van der Waals surface area contributed by atoms with Crippen molar-refractivity contribution in [3.8, 4) is 11.8 Å². The summed E-state index contributed by atoms with van der Waals surface area (Å²) in [6, 6.07) is 0. The molecule has 1 amide bonds. The van der Waals surface area contributed by atoms with E-state index < -0.39 is 0 Å². The fourth-order valence-electron chi connectivity index (χ4n) is 2.77. The number of aliphatic hydroxyl groups is 1. The van der Waals surface area contributed by atoms with E-state index in [0.29, 0.717) is 0 Å². The molecule has 0 bridgehead atoms. The molecule has 22 heavy (non-hydrogen) atoms. The fourth-order valence-corrected chi connectivity index (χ4v) is 2.77. The van der Waals surface area contributed by atoms with E-state index in [1.54, 1.807) is 0 Å². The van der Waals surface area contributed by atoms with Gasteiger partial charge in [0.25, 0.3) is 0 Å². The largest absolute Gasteiger partial charge is 0.396 e. The van der Waals surface area contributed by atoms with Crippen molar-refractivity contribution >= 4 is 5.91 Å². The average molecular weight is 309 g/mol. The van der Waals surface area contributed by atoms with Crippen LogP contribution in [0.5, 0.6) is 0 Å². The van der Waals surface area contributed by atoms with Gasteiger partial charge in [-0.15, -0.1) is 11.8 Å². The number of carbonyl (C=O) groups excluding carboxylic acids is 1. The molecule has 2 unspecified atom stereocenters. The Kier molecular flexibility index (Phi) is 14.2. The lowest BCUT2D eigenvalue weighted by molar-refractivity contribution is -0.124. The summed E-state index contributed by atoms with van der Waals surface area (Å²) >= 11 is 0. The second-order valence-corrected chi connectivity index (χ2v) is 6.15. The molecule has 0 saturated carbocycles. The summed E-state index contributed by atoms with van der Waals surface area (Å²) in [6.45, 7) is 4.32. The highest BCUT2D eigenvalue weighted by Crippen LogP contribution is 2.23. The van der Waals surface area contributed by atoms with E-state index >= 15 is 0 Å². The normalized spacial score (nSPS) is 13.2. The first kappa shape index (κ1) is 21.0. The van der Waals surface area contributed by atoms with Gasteiger partial charge in [0.05, 0.1) is 0 Å². The number of nitrogens with two attached hydrogens (primary N) is 1. The third-order valence-electron chi connectivity index (χ3n) is 4.18. The highest BCUT2D eigenvalue weighted by Gasteiger charge is 2.24. The molecule has 0 radical (unpaired) electrons. The molecule has 3 nitrogen and oxygen atoms in total. The first-order valence-electron chi connectivity index (χ1n) is 9.03. The maximum absolute atomic E-state index is 11.6. The molecule has 128 valence electrons. The molecule has 3 N–H and O–H groups in total. The number of unbranched alkanes of at least 4 members (excludes halogenated alkanes) is 6. The van der Waals surface area contributed by atoms with Crippen LogP contribution in [0.25, 0.3) is 0 Å². The van der Waals surface area contributed by atoms with Crippen molar-refractivity contribution in [2.75, 3.05) is 6.61 Å². The number of rotatable bonds is 13. The highest BCUT2D eigenvalue weighted by molar-refractivity contribution is 5.76. The van der Waals surface area contributed by atoms with Crippen molar-refractivity contribution in [2.45, 2.75) is 84.5 Å². The molecule has 2 atom stereocenters. The molecule has 0 aromatic heterocycles. The minimum absolute atomic E-state index is 0.0342. The standard InChI is InChI=1S/C19H35NO2/c1-3-5-6-7-8-9-10-11-12-13-15-18(19(20)22)17(16-21)14-4-2/h17-18,21H,3-6,9-16H2,1-2H3,(H2,20,22). The van der Waals surface area contributed by atoms with Crippen LogP contribution in [0.2, 0.25) is 0 Å². The SMILES string of the molecule is CCCCC#CCCCCCCC(C(N)=O)C(CO)CCC. The zero-order valence-electron chi connectivity index (χ0n) is 14.6. The topological polar surface area (TPSA) is 63.3 Å². The lowest BCUT2D eigenvalue weighted by Crippen LogP contribution is -2.32. The fraction of sp³-hybridized carbons (Fsp3) is 0.842. The summed E-state index contributed by atoms with van der Waals surface area (Å²) in [4.78, 5) is 11.6. The third-order valence-corrected chi connectivity index (χ3v) is 4.18. The zero-order chi connectivity index (χ0) is 16.6. The van der Waals surface area contributed by atoms with Crippen LogP contribution in [0.4, 0.5) is 0 Å². The Morgan fingerprint density at radius 1 is 0.955 bits per heavy atom. The van der Waals surface area contributed by atoms with Gasteiger partial charge >= 0.3 is 0 Å². The summed E-state index contributed by atoms with van der Waals surface area (Å²) in [6.07, 6.45) is 11.5. The minimum Gasteiger partial charge on any atom is -0.396 e. The second-order valence-electron chi connectivity index (χ2n) is 6.15. The molecule has 0 aromatic carbocycles. The third kappa shape index (κ3) is 10.7. The predicted molar refractivity (Wildman–Crippen MR) is 93.2 cm³/mol. The number of hydrogen-bond acceptors (Lipinski definition) is 2. The van der Waals surface area contributed by atoms with Crippen LogP contribution in [-0.2, 0) is 4.79 Å². The van der Waals surface area contributed by atoms with Crippen LogP contribution in [0.15, 0.2) is 0 Å². The van der Waals surface area contributed by atoms with Gasteiger partial charge in [0.2, 0.25) is 5.91 Å². The van der Waals surface area contributed by atoms with E-state index in [2.05, 4.69) is 25.7 Å². The Morgan fingerprint density at radius 2 is 1.59 bits per heavy atom. The quantitative estimate of drug-likeness (QED) is 0.398. The minimum atomic E-state index is -0.255. The Balaban J connectivity index is 3.80. The van der Waals surface area contributed by atoms with E-state index in [-0.39, 0.29) is 24.3 Å². The van der Waals surface area contributed by atoms with Gasteiger partial charge in [-0.1, -0.05) is 46.0 Å². The summed E-state index contributed by atoms with van der Waals surface area (Å²) in [7, 11) is 0. The lowest BCUT2D eigenvalue weighted by atomic mass is 9.84. The number of carbonyl (C=O) groups is 1. The van der Waals surface area contributed by atoms with Crippen molar-refractivity contribution in [2.24, 2.45) is 17.6 Å². The van der Waals surface area contributed by atoms with Crippen LogP contribution >= 0.6 is 0 Å². The molecule has 0 fully saturated rings. The summed E-state index contributed by atoms with van der Waals surface area (Å²) in [5, 5.41) is 9.41. The molecule has 0 aliphatic carbocycles. The van der Waals surface area contributed by atoms with Crippen LogP contribution in [0, 0.1) is 23.7 Å². The molecule has 0 saturated heterocycles. The average Bonchev–Trinajstić information content (AvgIpc) is 2.50. The van der Waals surface area contributed by atoms with E-state index in [9.17, 15) is 9.90 Å². The molecule has 0 aliphatic rings. The van der Waals surface area contributed by atoms with E-state index in [0.717, 1.165) is 57.8 Å². The van der Waals surface area contributed by atoms with Crippen molar-refractivity contribution < 1.29 is 9.90 Å². The Hall–Kier alpha value is -1.01. The predicted octanol–water partition coefficient (Wildman–Crippen LogP) is 4.03. The van der Waals surface area contributed by atoms with Crippen LogP contribution in [0.1, 0.15) is 84.5 Å². The Labute approximate surface area is 137 Å². The smallest absolute Gasteiger partial charge is 0.220 e. The second kappa shape index (κ2) is 14.9. The number of aliphatic hydroxyl groups excluding tert-OH is 1. The van der Waals surface area contributed by atoms with Crippen molar-refractivity contribution in [3.05, 3.63) is 0 Å². The van der Waals surface area contributed by atoms with Crippen LogP contribution in [-0.4, -0.2) is 17.6 Å². The zero-order valence-corrected chi connectivity index (χ0v) is 14.6. The van der Waals surface area contributed by atoms with Crippen molar-refractivity contribution in [1.29, 1.82) is 0 Å². The van der Waals surface area contributed by atoms with E-state index in [4.69, 9.17) is 5.73 Å². The summed E-state index contributed by atoms with van der Waals surface area (Å²) in [5.74, 6) is 6.04. The van der Waals surface area contributed by atoms with Gasteiger partial charge in [0.15, 0.2) is 0 Å². The van der Waals surface area contributed by atoms with Gasteiger partial charge in [-0.3, -0.25) is 4.79 Å². The van der Waals surface area contributed by atoms with Gasteiger partial charge < -0.3 is 10.8 Å². The van der Waals surface area contributed by atoms with Gasteiger partial charge in [-0.25, -0.2) is 0 Å². The van der Waals surface area contributed by atoms with Crippen LogP contribution in [0.3, 0.4) is 0 Å². The molecule has 3 heteroatoms. The number of primary amides is 1. The summed E-state index contributed by atoms with van der Waals surface area (Å²) in [5.41, 5.74) is 5.50. The first-order valence-corrected chi connectivity index (χ1v) is 9.03. The van der Waals surface area contributed by atoms with Gasteiger partial charge in [0, 0.05) is 25.4 Å². The van der Waals surface area contributed by atoms with E-state index in [1.807, 2.05) is 0 Å². The molecule has 0 aliphatic heterocycles. The first-order chi connectivity index (χ1) is 10.7. The molecule has 0 spiro atoms. The monoisotopic (exact) mass is 309 g/mol. The maximum Gasteiger partial charge on any atom is 0.220 e. The van der Waals surface area contributed by atoms with Crippen LogP contribution < -0.4 is 5.73 Å². The van der Waals surface area contributed by atoms with Gasteiger partial charge in [-0.2, -0.15) is 0 Å². The molecular formula is C19H35NO2. The van der Waals surface area contributed by atoms with Crippen molar-refractivity contribution in [1.82, 2.24) is 0 Å². The molecular weight excluding hydrogens is 274 g/mol. The Morgan fingerprint density at radius 3 is 2.14 bits per heavy atom. The molecule has 0 aromatic rings. The number of hydrogen-bond donors (Lipinski definition) is 2. The van der Waals surface area contributed by atoms with Crippen molar-refractivity contribution in [3.63, 3.8) is 0 Å². The van der Waals surface area contributed by atoms with Gasteiger partial charge in [-0.05, 0) is 31.6 Å². The summed E-state index contributed by atoms with van der Waals surface area (Å²) < 4.78 is 0. The maximum atomic E-state index is 11.6. The molecule has 0 heterocycles. The Bertz CT molecular complexity index is 330. The highest BCUT2D eigenvalue weighted by atomic mass is 16.3. The lowest BCUT2D eigenvalue weighted by Gasteiger charge is -2.22.